The van der Waals surface area contributed by atoms with Crippen LogP contribution in [0.15, 0.2) is 24.3 Å². The molecule has 1 aromatic rings. The molecule has 0 heterocycles. The van der Waals surface area contributed by atoms with E-state index in [9.17, 15) is 9.90 Å². The molecule has 1 atom stereocenters. The van der Waals surface area contributed by atoms with E-state index in [1.165, 1.54) is 0 Å². The number of carbonyl (C=O) groups is 1. The molecule has 0 amide bonds. The normalized spacial score (nSPS) is 12.7. The Morgan fingerprint density at radius 1 is 1.35 bits per heavy atom. The van der Waals surface area contributed by atoms with Gasteiger partial charge in [-0.05, 0) is 30.0 Å². The molecular weight excluding hydrogens is 236 g/mol. The Balaban J connectivity index is 2.69. The van der Waals surface area contributed by atoms with E-state index in [1.54, 1.807) is 18.2 Å². The monoisotopic (exact) mass is 254 g/mol. The first-order chi connectivity index (χ1) is 8.00. The van der Waals surface area contributed by atoms with Crippen molar-refractivity contribution in [2.24, 2.45) is 5.92 Å². The number of hydrogen-bond donors (Lipinski definition) is 1. The van der Waals surface area contributed by atoms with Crippen LogP contribution < -0.4 is 0 Å². The van der Waals surface area contributed by atoms with Crippen molar-refractivity contribution in [1.29, 1.82) is 0 Å². The van der Waals surface area contributed by atoms with Crippen molar-refractivity contribution < 1.29 is 9.90 Å². The molecule has 0 saturated carbocycles. The van der Waals surface area contributed by atoms with Crippen molar-refractivity contribution in [3.05, 3.63) is 34.9 Å². The minimum Gasteiger partial charge on any atom is -0.481 e. The van der Waals surface area contributed by atoms with E-state index in [1.807, 2.05) is 6.07 Å². The maximum Gasteiger partial charge on any atom is 0.310 e. The number of carboxylic acids is 1. The highest BCUT2D eigenvalue weighted by Gasteiger charge is 2.19. The zero-order valence-electron chi connectivity index (χ0n) is 10.3. The second kappa shape index (κ2) is 6.65. The lowest BCUT2D eigenvalue weighted by molar-refractivity contribution is -0.139. The van der Waals surface area contributed by atoms with Crippen LogP contribution in [0.3, 0.4) is 0 Å². The second-order valence-corrected chi connectivity index (χ2v) is 5.21. The molecule has 0 aromatic heterocycles. The van der Waals surface area contributed by atoms with Crippen molar-refractivity contribution in [3.63, 3.8) is 0 Å². The van der Waals surface area contributed by atoms with Crippen LogP contribution >= 0.6 is 11.6 Å². The Bertz CT molecular complexity index is 374. The van der Waals surface area contributed by atoms with Crippen LogP contribution in [0.5, 0.6) is 0 Å². The van der Waals surface area contributed by atoms with Crippen molar-refractivity contribution in [3.8, 4) is 0 Å². The summed E-state index contributed by atoms with van der Waals surface area (Å²) in [4.78, 5) is 11.2. The lowest BCUT2D eigenvalue weighted by Crippen LogP contribution is -2.12. The average molecular weight is 255 g/mol. The average Bonchev–Trinajstić information content (AvgIpc) is 2.23. The molecule has 0 radical (unpaired) electrons. The smallest absolute Gasteiger partial charge is 0.310 e. The third-order valence-corrected chi connectivity index (χ3v) is 3.06. The van der Waals surface area contributed by atoms with Crippen molar-refractivity contribution in [2.75, 3.05) is 0 Å². The third-order valence-electron chi connectivity index (χ3n) is 2.82. The minimum absolute atomic E-state index is 0.438. The summed E-state index contributed by atoms with van der Waals surface area (Å²) in [5.41, 5.74) is 0.800. The van der Waals surface area contributed by atoms with E-state index in [2.05, 4.69) is 13.8 Å². The van der Waals surface area contributed by atoms with Crippen molar-refractivity contribution >= 4 is 17.6 Å². The molecule has 0 fully saturated rings. The molecule has 3 heteroatoms. The summed E-state index contributed by atoms with van der Waals surface area (Å²) < 4.78 is 0. The lowest BCUT2D eigenvalue weighted by atomic mass is 9.92. The van der Waals surface area contributed by atoms with Crippen molar-refractivity contribution in [2.45, 2.75) is 39.0 Å². The quantitative estimate of drug-likeness (QED) is 0.820. The van der Waals surface area contributed by atoms with Gasteiger partial charge < -0.3 is 5.11 Å². The van der Waals surface area contributed by atoms with E-state index in [4.69, 9.17) is 11.6 Å². The van der Waals surface area contributed by atoms with Gasteiger partial charge in [0.2, 0.25) is 0 Å². The number of benzene rings is 1. The molecular formula is C14H19ClO2. The van der Waals surface area contributed by atoms with Gasteiger partial charge in [-0.25, -0.2) is 0 Å². The van der Waals surface area contributed by atoms with E-state index in [0.29, 0.717) is 17.4 Å². The van der Waals surface area contributed by atoms with Gasteiger partial charge in [-0.1, -0.05) is 50.4 Å². The zero-order chi connectivity index (χ0) is 12.8. The fourth-order valence-electron chi connectivity index (χ4n) is 1.89. The maximum atomic E-state index is 11.2. The first-order valence-corrected chi connectivity index (χ1v) is 6.36. The molecule has 0 spiro atoms. The van der Waals surface area contributed by atoms with Crippen molar-refractivity contribution in [1.82, 2.24) is 0 Å². The predicted molar refractivity (Wildman–Crippen MR) is 70.5 cm³/mol. The molecule has 0 aliphatic carbocycles. The summed E-state index contributed by atoms with van der Waals surface area (Å²) in [5, 5.41) is 9.83. The summed E-state index contributed by atoms with van der Waals surface area (Å²) in [7, 11) is 0. The van der Waals surface area contributed by atoms with E-state index in [-0.39, 0.29) is 0 Å². The SMILES string of the molecule is CC(C)CCCC(C(=O)O)c1cccc(Cl)c1. The minimum atomic E-state index is -0.768. The molecule has 1 N–H and O–H groups in total. The molecule has 1 rings (SSSR count). The summed E-state index contributed by atoms with van der Waals surface area (Å²) >= 11 is 5.89. The highest BCUT2D eigenvalue weighted by Crippen LogP contribution is 2.25. The number of aliphatic carboxylic acids is 1. The fraction of sp³-hybridized carbons (Fsp3) is 0.500. The summed E-state index contributed by atoms with van der Waals surface area (Å²) in [6.45, 7) is 4.30. The first kappa shape index (κ1) is 14.0. The maximum absolute atomic E-state index is 11.2. The molecule has 2 nitrogen and oxygen atoms in total. The van der Waals surface area contributed by atoms with Crippen LogP contribution in [0.2, 0.25) is 5.02 Å². The third kappa shape index (κ3) is 4.78. The van der Waals surface area contributed by atoms with Gasteiger partial charge in [0.05, 0.1) is 5.92 Å². The Kier molecular flexibility index (Phi) is 5.49. The Morgan fingerprint density at radius 3 is 2.59 bits per heavy atom. The van der Waals surface area contributed by atoms with Gasteiger partial charge >= 0.3 is 5.97 Å². The van der Waals surface area contributed by atoms with E-state index in [0.717, 1.165) is 18.4 Å². The van der Waals surface area contributed by atoms with Crippen LogP contribution in [-0.2, 0) is 4.79 Å². The summed E-state index contributed by atoms with van der Waals surface area (Å²) in [5.74, 6) is -0.590. The molecule has 17 heavy (non-hydrogen) atoms. The van der Waals surface area contributed by atoms with E-state index < -0.39 is 11.9 Å². The van der Waals surface area contributed by atoms with Gasteiger partial charge in [0.15, 0.2) is 0 Å². The van der Waals surface area contributed by atoms with Gasteiger partial charge in [0, 0.05) is 5.02 Å². The van der Waals surface area contributed by atoms with Crippen LogP contribution in [-0.4, -0.2) is 11.1 Å². The lowest BCUT2D eigenvalue weighted by Gasteiger charge is -2.13. The highest BCUT2D eigenvalue weighted by molar-refractivity contribution is 6.30. The van der Waals surface area contributed by atoms with Gasteiger partial charge in [-0.3, -0.25) is 4.79 Å². The standard InChI is InChI=1S/C14H19ClO2/c1-10(2)5-3-8-13(14(16)17)11-6-4-7-12(15)9-11/h4,6-7,9-10,13H,3,5,8H2,1-2H3,(H,16,17). The number of carboxylic acid groups (broad SMARTS) is 1. The van der Waals surface area contributed by atoms with Crippen LogP contribution in [0.1, 0.15) is 44.6 Å². The number of rotatable bonds is 6. The summed E-state index contributed by atoms with van der Waals surface area (Å²) in [6, 6.07) is 7.14. The second-order valence-electron chi connectivity index (χ2n) is 4.77. The Labute approximate surface area is 108 Å². The van der Waals surface area contributed by atoms with Gasteiger partial charge in [-0.15, -0.1) is 0 Å². The topological polar surface area (TPSA) is 37.3 Å². The van der Waals surface area contributed by atoms with Gasteiger partial charge in [0.25, 0.3) is 0 Å². The largest absolute Gasteiger partial charge is 0.481 e. The van der Waals surface area contributed by atoms with Gasteiger partial charge in [-0.2, -0.15) is 0 Å². The Morgan fingerprint density at radius 2 is 2.06 bits per heavy atom. The van der Waals surface area contributed by atoms with Crippen LogP contribution in [0.4, 0.5) is 0 Å². The number of halogens is 1. The molecule has 0 aliphatic rings. The Hall–Kier alpha value is -1.02. The van der Waals surface area contributed by atoms with E-state index >= 15 is 0 Å². The highest BCUT2D eigenvalue weighted by atomic mass is 35.5. The van der Waals surface area contributed by atoms with Gasteiger partial charge in [0.1, 0.15) is 0 Å². The zero-order valence-corrected chi connectivity index (χ0v) is 11.1. The molecule has 0 bridgehead atoms. The van der Waals surface area contributed by atoms with Crippen LogP contribution in [0, 0.1) is 5.92 Å². The molecule has 0 aliphatic heterocycles. The molecule has 1 unspecified atom stereocenters. The first-order valence-electron chi connectivity index (χ1n) is 5.99. The van der Waals surface area contributed by atoms with Crippen LogP contribution in [0.25, 0.3) is 0 Å². The molecule has 0 saturated heterocycles. The molecule has 94 valence electrons. The fourth-order valence-corrected chi connectivity index (χ4v) is 2.09. The number of hydrogen-bond acceptors (Lipinski definition) is 1. The predicted octanol–water partition coefficient (Wildman–Crippen LogP) is 4.33. The summed E-state index contributed by atoms with van der Waals surface area (Å²) in [6.07, 6.45) is 2.67. The molecule has 1 aromatic carbocycles.